The number of benzene rings is 1. The van der Waals surface area contributed by atoms with Crippen molar-refractivity contribution >= 4 is 11.9 Å². The largest absolute Gasteiger partial charge is 0.491 e. The number of carbonyl (C=O) groups excluding carboxylic acids is 2. The maximum atomic E-state index is 13.3. The van der Waals surface area contributed by atoms with Gasteiger partial charge in [-0.2, -0.15) is 0 Å². The molecule has 2 fully saturated rings. The van der Waals surface area contributed by atoms with E-state index in [0.717, 1.165) is 42.7 Å². The first-order valence-electron chi connectivity index (χ1n) is 11.6. The third-order valence-electron chi connectivity index (χ3n) is 6.34. The number of nitrogens with zero attached hydrogens (tertiary/aromatic N) is 3. The van der Waals surface area contributed by atoms with Crippen molar-refractivity contribution < 1.29 is 18.7 Å². The summed E-state index contributed by atoms with van der Waals surface area (Å²) in [6.45, 7) is 9.99. The van der Waals surface area contributed by atoms with Crippen molar-refractivity contribution in [2.45, 2.75) is 85.0 Å². The van der Waals surface area contributed by atoms with Crippen molar-refractivity contribution in [1.29, 1.82) is 0 Å². The van der Waals surface area contributed by atoms with Gasteiger partial charge in [-0.3, -0.25) is 9.69 Å². The molecular formula is C25H33N3O4. The molecule has 1 aliphatic heterocycles. The average molecular weight is 440 g/mol. The third kappa shape index (κ3) is 4.25. The predicted octanol–water partition coefficient (Wildman–Crippen LogP) is 5.17. The topological polar surface area (TPSA) is 75.9 Å². The summed E-state index contributed by atoms with van der Waals surface area (Å²) in [5, 5.41) is 0. The van der Waals surface area contributed by atoms with Crippen LogP contribution in [0.25, 0.3) is 11.5 Å². The van der Waals surface area contributed by atoms with E-state index in [0.29, 0.717) is 18.2 Å². The van der Waals surface area contributed by atoms with Crippen LogP contribution in [-0.2, 0) is 11.3 Å². The fourth-order valence-electron chi connectivity index (χ4n) is 4.79. The summed E-state index contributed by atoms with van der Waals surface area (Å²) in [7, 11) is 0. The molecule has 0 N–H and O–H groups in total. The van der Waals surface area contributed by atoms with E-state index in [4.69, 9.17) is 14.1 Å². The van der Waals surface area contributed by atoms with Gasteiger partial charge in [0.1, 0.15) is 17.2 Å². The summed E-state index contributed by atoms with van der Waals surface area (Å²) in [4.78, 5) is 34.3. The Morgan fingerprint density at radius 2 is 1.78 bits per heavy atom. The van der Waals surface area contributed by atoms with Crippen molar-refractivity contribution in [2.24, 2.45) is 5.92 Å². The van der Waals surface area contributed by atoms with Crippen molar-refractivity contribution in [3.63, 3.8) is 0 Å². The Bertz CT molecular complexity index is 980. The van der Waals surface area contributed by atoms with E-state index in [-0.39, 0.29) is 36.0 Å². The second kappa shape index (κ2) is 8.96. The average Bonchev–Trinajstić information content (AvgIpc) is 3.11. The van der Waals surface area contributed by atoms with Crippen LogP contribution in [0.3, 0.4) is 0 Å². The Kier molecular flexibility index (Phi) is 6.26. The monoisotopic (exact) mass is 439 g/mol. The predicted molar refractivity (Wildman–Crippen MR) is 121 cm³/mol. The number of oxazole rings is 1. The molecule has 1 saturated carbocycles. The van der Waals surface area contributed by atoms with Gasteiger partial charge in [0, 0.05) is 17.6 Å². The van der Waals surface area contributed by atoms with Crippen LogP contribution in [0, 0.1) is 12.8 Å². The summed E-state index contributed by atoms with van der Waals surface area (Å²) in [6, 6.07) is 7.21. The van der Waals surface area contributed by atoms with Gasteiger partial charge in [0.15, 0.2) is 0 Å². The zero-order chi connectivity index (χ0) is 23.0. The quantitative estimate of drug-likeness (QED) is 0.621. The van der Waals surface area contributed by atoms with Gasteiger partial charge >= 0.3 is 6.03 Å². The fourth-order valence-corrected chi connectivity index (χ4v) is 4.79. The molecule has 3 amide bonds. The van der Waals surface area contributed by atoms with Crippen LogP contribution in [0.5, 0.6) is 5.75 Å². The molecule has 1 aromatic heterocycles. The van der Waals surface area contributed by atoms with Gasteiger partial charge in [-0.15, -0.1) is 0 Å². The molecule has 0 radical (unpaired) electrons. The second-order valence-electron chi connectivity index (χ2n) is 9.38. The van der Waals surface area contributed by atoms with Crippen LogP contribution in [-0.4, -0.2) is 44.9 Å². The first-order valence-corrected chi connectivity index (χ1v) is 11.6. The number of fused-ring (bicyclic) bond motifs is 1. The summed E-state index contributed by atoms with van der Waals surface area (Å²) >= 11 is 0. The Morgan fingerprint density at radius 3 is 2.44 bits per heavy atom. The molecule has 1 aliphatic carbocycles. The standard InChI is InChI=1S/C25H33N3O4/c1-15(2)28-24(29)20-8-6-7-9-22(20)27(25(28)30)14-21-17(5)32-23(26-21)18-10-12-19(13-11-18)31-16(3)4/h10-13,15-16,20,22H,6-9,14H2,1-5H3. The zero-order valence-corrected chi connectivity index (χ0v) is 19.6. The number of hydrogen-bond donors (Lipinski definition) is 0. The Hall–Kier alpha value is -2.83. The van der Waals surface area contributed by atoms with E-state index >= 15 is 0 Å². The van der Waals surface area contributed by atoms with Gasteiger partial charge in [0.2, 0.25) is 11.8 Å². The van der Waals surface area contributed by atoms with E-state index in [1.807, 2.05) is 63.8 Å². The molecule has 1 aromatic carbocycles. The first-order chi connectivity index (χ1) is 15.3. The fraction of sp³-hybridized carbons (Fsp3) is 0.560. The van der Waals surface area contributed by atoms with Crippen LogP contribution < -0.4 is 4.74 Å². The number of ether oxygens (including phenoxy) is 1. The number of urea groups is 1. The minimum Gasteiger partial charge on any atom is -0.491 e. The van der Waals surface area contributed by atoms with Gasteiger partial charge < -0.3 is 14.1 Å². The highest BCUT2D eigenvalue weighted by Crippen LogP contribution is 2.36. The zero-order valence-electron chi connectivity index (χ0n) is 19.6. The molecule has 7 nitrogen and oxygen atoms in total. The van der Waals surface area contributed by atoms with Gasteiger partial charge in [0.25, 0.3) is 0 Å². The lowest BCUT2D eigenvalue weighted by molar-refractivity contribution is -0.142. The Balaban J connectivity index is 1.58. The molecular weight excluding hydrogens is 406 g/mol. The highest BCUT2D eigenvalue weighted by atomic mass is 16.5. The number of amides is 3. The summed E-state index contributed by atoms with van der Waals surface area (Å²) < 4.78 is 11.7. The smallest absolute Gasteiger partial charge is 0.327 e. The molecule has 2 atom stereocenters. The van der Waals surface area contributed by atoms with Crippen molar-refractivity contribution in [3.05, 3.63) is 35.7 Å². The molecule has 7 heteroatoms. The lowest BCUT2D eigenvalue weighted by atomic mass is 9.81. The number of imide groups is 1. The summed E-state index contributed by atoms with van der Waals surface area (Å²) in [6.07, 6.45) is 3.87. The maximum Gasteiger partial charge on any atom is 0.327 e. The molecule has 1 saturated heterocycles. The normalized spacial score (nSPS) is 21.5. The van der Waals surface area contributed by atoms with Crippen LogP contribution in [0.1, 0.15) is 64.8 Å². The minimum absolute atomic E-state index is 0.0211. The first kappa shape index (κ1) is 22.4. The number of hydrogen-bond acceptors (Lipinski definition) is 5. The van der Waals surface area contributed by atoms with E-state index in [1.165, 1.54) is 4.90 Å². The molecule has 172 valence electrons. The van der Waals surface area contributed by atoms with Crippen molar-refractivity contribution in [1.82, 2.24) is 14.8 Å². The van der Waals surface area contributed by atoms with E-state index in [2.05, 4.69) is 0 Å². The van der Waals surface area contributed by atoms with Crippen LogP contribution in [0.4, 0.5) is 4.79 Å². The molecule has 32 heavy (non-hydrogen) atoms. The van der Waals surface area contributed by atoms with E-state index < -0.39 is 0 Å². The molecule has 0 bridgehead atoms. The maximum absolute atomic E-state index is 13.3. The molecule has 2 heterocycles. The van der Waals surface area contributed by atoms with Crippen LogP contribution in [0.2, 0.25) is 0 Å². The second-order valence-corrected chi connectivity index (χ2v) is 9.38. The third-order valence-corrected chi connectivity index (χ3v) is 6.34. The molecule has 2 unspecified atom stereocenters. The summed E-state index contributed by atoms with van der Waals surface area (Å²) in [5.41, 5.74) is 1.59. The van der Waals surface area contributed by atoms with Gasteiger partial charge in [-0.05, 0) is 71.7 Å². The van der Waals surface area contributed by atoms with Gasteiger partial charge in [-0.1, -0.05) is 12.8 Å². The number of rotatable bonds is 6. The van der Waals surface area contributed by atoms with Gasteiger partial charge in [0.05, 0.1) is 18.6 Å². The van der Waals surface area contributed by atoms with Crippen molar-refractivity contribution in [2.75, 3.05) is 0 Å². The Morgan fingerprint density at radius 1 is 1.09 bits per heavy atom. The molecule has 0 spiro atoms. The van der Waals surface area contributed by atoms with Crippen LogP contribution >= 0.6 is 0 Å². The molecule has 2 aliphatic rings. The number of aryl methyl sites for hydroxylation is 1. The van der Waals surface area contributed by atoms with E-state index in [9.17, 15) is 9.59 Å². The highest BCUT2D eigenvalue weighted by molar-refractivity contribution is 5.99. The SMILES string of the molecule is Cc1oc(-c2ccc(OC(C)C)cc2)nc1CN1C(=O)N(C(C)C)C(=O)C2CCCCC21. The lowest BCUT2D eigenvalue weighted by Gasteiger charge is -2.47. The summed E-state index contributed by atoms with van der Waals surface area (Å²) in [5.74, 6) is 1.87. The number of carbonyl (C=O) groups is 2. The lowest BCUT2D eigenvalue weighted by Crippen LogP contribution is -2.63. The van der Waals surface area contributed by atoms with Gasteiger partial charge in [-0.25, -0.2) is 9.78 Å². The Labute approximate surface area is 189 Å². The van der Waals surface area contributed by atoms with Crippen LogP contribution in [0.15, 0.2) is 28.7 Å². The van der Waals surface area contributed by atoms with Crippen molar-refractivity contribution in [3.8, 4) is 17.2 Å². The molecule has 2 aromatic rings. The minimum atomic E-state index is -0.215. The van der Waals surface area contributed by atoms with E-state index in [1.54, 1.807) is 0 Å². The highest BCUT2D eigenvalue weighted by Gasteiger charge is 2.47. The number of aromatic nitrogens is 1. The molecule has 4 rings (SSSR count).